The van der Waals surface area contributed by atoms with Crippen LogP contribution in [0.5, 0.6) is 0 Å². The average molecular weight is 230 g/mol. The van der Waals surface area contributed by atoms with Crippen LogP contribution in [0.2, 0.25) is 0 Å². The Hall–Kier alpha value is -1.86. The van der Waals surface area contributed by atoms with Gasteiger partial charge in [0.25, 0.3) is 0 Å². The molecule has 1 unspecified atom stereocenters. The van der Waals surface area contributed by atoms with Gasteiger partial charge < -0.3 is 5.11 Å². The zero-order valence-corrected chi connectivity index (χ0v) is 9.47. The number of carbonyl (C=O) groups is 1. The standard InChI is InChI=1S/C13H14N2O2/c14-7-10-3-1-2-4-11(10)8-15-6-5-12(9-15)13(16)17/h1-4,12H,5-6,8-9H2,(H,16,17). The number of benzene rings is 1. The maximum atomic E-state index is 10.8. The third-order valence-electron chi connectivity index (χ3n) is 3.15. The minimum absolute atomic E-state index is 0.260. The van der Waals surface area contributed by atoms with Gasteiger partial charge in [0.1, 0.15) is 0 Å². The molecule has 0 aromatic heterocycles. The van der Waals surface area contributed by atoms with Crippen molar-refractivity contribution in [2.24, 2.45) is 5.92 Å². The first-order valence-corrected chi connectivity index (χ1v) is 5.64. The Morgan fingerprint density at radius 2 is 2.29 bits per heavy atom. The maximum Gasteiger partial charge on any atom is 0.307 e. The first-order chi connectivity index (χ1) is 8.20. The van der Waals surface area contributed by atoms with Crippen molar-refractivity contribution < 1.29 is 9.90 Å². The van der Waals surface area contributed by atoms with Crippen molar-refractivity contribution in [3.8, 4) is 6.07 Å². The summed E-state index contributed by atoms with van der Waals surface area (Å²) in [6, 6.07) is 9.62. The predicted molar refractivity (Wildman–Crippen MR) is 62.2 cm³/mol. The van der Waals surface area contributed by atoms with E-state index in [1.165, 1.54) is 0 Å². The molecular formula is C13H14N2O2. The van der Waals surface area contributed by atoms with Gasteiger partial charge in [-0.05, 0) is 24.6 Å². The van der Waals surface area contributed by atoms with Gasteiger partial charge in [0, 0.05) is 13.1 Å². The van der Waals surface area contributed by atoms with E-state index in [0.29, 0.717) is 25.1 Å². The molecule has 0 spiro atoms. The Balaban J connectivity index is 2.03. The van der Waals surface area contributed by atoms with E-state index in [-0.39, 0.29) is 5.92 Å². The summed E-state index contributed by atoms with van der Waals surface area (Å²) >= 11 is 0. The van der Waals surface area contributed by atoms with Crippen molar-refractivity contribution >= 4 is 5.97 Å². The lowest BCUT2D eigenvalue weighted by Gasteiger charge is -2.15. The molecule has 17 heavy (non-hydrogen) atoms. The second-order valence-electron chi connectivity index (χ2n) is 4.33. The van der Waals surface area contributed by atoms with Crippen molar-refractivity contribution in [1.82, 2.24) is 4.90 Å². The van der Waals surface area contributed by atoms with E-state index >= 15 is 0 Å². The zero-order valence-electron chi connectivity index (χ0n) is 9.47. The van der Waals surface area contributed by atoms with E-state index in [1.807, 2.05) is 18.2 Å². The van der Waals surface area contributed by atoms with E-state index in [1.54, 1.807) is 6.07 Å². The normalized spacial score (nSPS) is 20.1. The second kappa shape index (κ2) is 4.98. The van der Waals surface area contributed by atoms with Gasteiger partial charge in [-0.15, -0.1) is 0 Å². The van der Waals surface area contributed by atoms with Crippen LogP contribution in [0.1, 0.15) is 17.5 Å². The van der Waals surface area contributed by atoms with Crippen LogP contribution in [0.25, 0.3) is 0 Å². The molecule has 1 aliphatic heterocycles. The molecule has 4 nitrogen and oxygen atoms in total. The van der Waals surface area contributed by atoms with Gasteiger partial charge in [-0.2, -0.15) is 5.26 Å². The highest BCUT2D eigenvalue weighted by Crippen LogP contribution is 2.20. The van der Waals surface area contributed by atoms with Crippen molar-refractivity contribution in [3.63, 3.8) is 0 Å². The molecule has 0 radical (unpaired) electrons. The Kier molecular flexibility index (Phi) is 3.40. The third-order valence-corrected chi connectivity index (χ3v) is 3.15. The molecule has 0 aliphatic carbocycles. The predicted octanol–water partition coefficient (Wildman–Crippen LogP) is 1.46. The Morgan fingerprint density at radius 1 is 1.53 bits per heavy atom. The maximum absolute atomic E-state index is 10.8. The number of carboxylic acids is 1. The van der Waals surface area contributed by atoms with Gasteiger partial charge in [0.2, 0.25) is 0 Å². The van der Waals surface area contributed by atoms with E-state index in [0.717, 1.165) is 12.1 Å². The van der Waals surface area contributed by atoms with E-state index in [2.05, 4.69) is 11.0 Å². The number of rotatable bonds is 3. The van der Waals surface area contributed by atoms with Gasteiger partial charge in [-0.25, -0.2) is 0 Å². The van der Waals surface area contributed by atoms with Crippen LogP contribution in [0, 0.1) is 17.2 Å². The van der Waals surface area contributed by atoms with Crippen molar-refractivity contribution in [2.75, 3.05) is 13.1 Å². The van der Waals surface area contributed by atoms with E-state index in [9.17, 15) is 4.79 Å². The Bertz CT molecular complexity index is 465. The van der Waals surface area contributed by atoms with Gasteiger partial charge in [-0.3, -0.25) is 9.69 Å². The van der Waals surface area contributed by atoms with Crippen LogP contribution >= 0.6 is 0 Å². The summed E-state index contributed by atoms with van der Waals surface area (Å²) in [4.78, 5) is 12.9. The van der Waals surface area contributed by atoms with Crippen LogP contribution in [-0.2, 0) is 11.3 Å². The first kappa shape index (κ1) is 11.6. The van der Waals surface area contributed by atoms with Crippen molar-refractivity contribution in [3.05, 3.63) is 35.4 Å². The fourth-order valence-electron chi connectivity index (χ4n) is 2.19. The van der Waals surface area contributed by atoms with Crippen LogP contribution in [0.3, 0.4) is 0 Å². The molecule has 1 aliphatic rings. The molecule has 1 aromatic rings. The molecule has 1 fully saturated rings. The van der Waals surface area contributed by atoms with E-state index in [4.69, 9.17) is 10.4 Å². The summed E-state index contributed by atoms with van der Waals surface area (Å²) < 4.78 is 0. The van der Waals surface area contributed by atoms with Crippen molar-refractivity contribution in [1.29, 1.82) is 5.26 Å². The van der Waals surface area contributed by atoms with Gasteiger partial charge in [-0.1, -0.05) is 18.2 Å². The molecule has 1 saturated heterocycles. The summed E-state index contributed by atoms with van der Waals surface area (Å²) in [6.07, 6.45) is 0.698. The molecule has 88 valence electrons. The van der Waals surface area contributed by atoms with Gasteiger partial charge in [0.15, 0.2) is 0 Å². The molecule has 0 amide bonds. The molecule has 0 bridgehead atoms. The van der Waals surface area contributed by atoms with Crippen LogP contribution < -0.4 is 0 Å². The number of hydrogen-bond donors (Lipinski definition) is 1. The third kappa shape index (κ3) is 2.63. The topological polar surface area (TPSA) is 64.3 Å². The highest BCUT2D eigenvalue weighted by molar-refractivity contribution is 5.70. The summed E-state index contributed by atoms with van der Waals surface area (Å²) in [5, 5.41) is 17.9. The van der Waals surface area contributed by atoms with Gasteiger partial charge >= 0.3 is 5.97 Å². The molecule has 1 atom stereocenters. The fraction of sp³-hybridized carbons (Fsp3) is 0.385. The average Bonchev–Trinajstić information content (AvgIpc) is 2.78. The quantitative estimate of drug-likeness (QED) is 0.853. The van der Waals surface area contributed by atoms with Crippen molar-refractivity contribution in [2.45, 2.75) is 13.0 Å². The summed E-state index contributed by atoms with van der Waals surface area (Å²) in [5.41, 5.74) is 1.65. The minimum atomic E-state index is -0.721. The number of hydrogen-bond acceptors (Lipinski definition) is 3. The molecule has 4 heteroatoms. The number of nitrogens with zero attached hydrogens (tertiary/aromatic N) is 2. The lowest BCUT2D eigenvalue weighted by atomic mass is 10.1. The SMILES string of the molecule is N#Cc1ccccc1CN1CCC(C(=O)O)C1. The van der Waals surface area contributed by atoms with E-state index < -0.39 is 5.97 Å². The Morgan fingerprint density at radius 3 is 2.94 bits per heavy atom. The number of aliphatic carboxylic acids is 1. The number of nitriles is 1. The first-order valence-electron chi connectivity index (χ1n) is 5.64. The number of carboxylic acid groups (broad SMARTS) is 1. The monoisotopic (exact) mass is 230 g/mol. The summed E-state index contributed by atoms with van der Waals surface area (Å²) in [6.45, 7) is 2.03. The molecule has 1 heterocycles. The van der Waals surface area contributed by atoms with Crippen LogP contribution in [0.4, 0.5) is 0 Å². The largest absolute Gasteiger partial charge is 0.481 e. The lowest BCUT2D eigenvalue weighted by molar-refractivity contribution is -0.141. The highest BCUT2D eigenvalue weighted by atomic mass is 16.4. The minimum Gasteiger partial charge on any atom is -0.481 e. The highest BCUT2D eigenvalue weighted by Gasteiger charge is 2.27. The summed E-state index contributed by atoms with van der Waals surface area (Å²) in [7, 11) is 0. The van der Waals surface area contributed by atoms with Crippen LogP contribution in [-0.4, -0.2) is 29.1 Å². The fourth-order valence-corrected chi connectivity index (χ4v) is 2.19. The summed E-state index contributed by atoms with van der Waals surface area (Å²) in [5.74, 6) is -0.981. The lowest BCUT2D eigenvalue weighted by Crippen LogP contribution is -2.23. The number of likely N-dealkylation sites (tertiary alicyclic amines) is 1. The van der Waals surface area contributed by atoms with Gasteiger partial charge in [0.05, 0.1) is 17.6 Å². The van der Waals surface area contributed by atoms with Crippen LogP contribution in [0.15, 0.2) is 24.3 Å². The molecule has 0 saturated carbocycles. The second-order valence-corrected chi connectivity index (χ2v) is 4.33. The molecule has 1 aromatic carbocycles. The Labute approximate surface area is 100 Å². The molecule has 2 rings (SSSR count). The zero-order chi connectivity index (χ0) is 12.3. The molecule has 1 N–H and O–H groups in total. The molecular weight excluding hydrogens is 216 g/mol. The smallest absolute Gasteiger partial charge is 0.307 e.